The third kappa shape index (κ3) is 6.02. The molecule has 9 nitrogen and oxygen atoms in total. The number of morpholine rings is 1. The Bertz CT molecular complexity index is 1150. The molecule has 1 aliphatic heterocycles. The number of carbonyl (C=O) groups is 1. The Hall–Kier alpha value is -3.35. The molecule has 186 valence electrons. The molecule has 2 aromatic heterocycles. The fourth-order valence-corrected chi connectivity index (χ4v) is 3.92. The molecule has 0 radical (unpaired) electrons. The van der Waals surface area contributed by atoms with Crippen molar-refractivity contribution in [3.05, 3.63) is 59.7 Å². The SMILES string of the molecule is O=C(NCC(c1cnc(C(F)(F)F)nc1)N1CCOCC1)c1cccc2nc(NCCO)ccc12. The van der Waals surface area contributed by atoms with Crippen LogP contribution in [0.25, 0.3) is 10.9 Å². The molecule has 4 rings (SSSR count). The molecule has 0 bridgehead atoms. The molecule has 0 aliphatic carbocycles. The number of carbonyl (C=O) groups excluding carboxylic acids is 1. The number of pyridine rings is 1. The third-order valence-electron chi connectivity index (χ3n) is 5.65. The van der Waals surface area contributed by atoms with Gasteiger partial charge in [0.15, 0.2) is 0 Å². The molecule has 3 N–H and O–H groups in total. The van der Waals surface area contributed by atoms with E-state index in [4.69, 9.17) is 9.84 Å². The van der Waals surface area contributed by atoms with Gasteiger partial charge in [-0.15, -0.1) is 0 Å². The Morgan fingerprint density at radius 2 is 1.89 bits per heavy atom. The first-order valence-electron chi connectivity index (χ1n) is 11.1. The number of hydrogen-bond acceptors (Lipinski definition) is 8. The molecule has 1 saturated heterocycles. The number of halogens is 3. The van der Waals surface area contributed by atoms with Crippen LogP contribution in [0.4, 0.5) is 19.0 Å². The number of anilines is 1. The lowest BCUT2D eigenvalue weighted by Gasteiger charge is -2.34. The van der Waals surface area contributed by atoms with Crippen LogP contribution in [-0.2, 0) is 10.9 Å². The van der Waals surface area contributed by atoms with Gasteiger partial charge < -0.3 is 20.5 Å². The number of aliphatic hydroxyl groups is 1. The Morgan fingerprint density at radius 1 is 1.14 bits per heavy atom. The molecule has 1 atom stereocenters. The zero-order valence-electron chi connectivity index (χ0n) is 18.8. The maximum absolute atomic E-state index is 13.1. The van der Waals surface area contributed by atoms with Gasteiger partial charge >= 0.3 is 6.18 Å². The number of hydrogen-bond donors (Lipinski definition) is 3. The molecular formula is C23H25F3N6O3. The van der Waals surface area contributed by atoms with E-state index < -0.39 is 18.0 Å². The summed E-state index contributed by atoms with van der Waals surface area (Å²) in [6.45, 7) is 2.55. The van der Waals surface area contributed by atoms with Crippen LogP contribution in [0.5, 0.6) is 0 Å². The lowest BCUT2D eigenvalue weighted by atomic mass is 10.1. The average Bonchev–Trinajstić information content (AvgIpc) is 2.87. The summed E-state index contributed by atoms with van der Waals surface area (Å²) < 4.78 is 44.1. The highest BCUT2D eigenvalue weighted by Gasteiger charge is 2.35. The second-order valence-corrected chi connectivity index (χ2v) is 7.93. The predicted octanol–water partition coefficient (Wildman–Crippen LogP) is 2.25. The summed E-state index contributed by atoms with van der Waals surface area (Å²) in [4.78, 5) is 26.6. The summed E-state index contributed by atoms with van der Waals surface area (Å²) in [6.07, 6.45) is -2.31. The zero-order chi connectivity index (χ0) is 24.8. The van der Waals surface area contributed by atoms with Crippen molar-refractivity contribution in [3.8, 4) is 0 Å². The Kier molecular flexibility index (Phi) is 7.73. The minimum absolute atomic E-state index is 0.0313. The Morgan fingerprint density at radius 3 is 2.57 bits per heavy atom. The van der Waals surface area contributed by atoms with E-state index in [1.807, 2.05) is 4.90 Å². The van der Waals surface area contributed by atoms with Gasteiger partial charge in [-0.25, -0.2) is 15.0 Å². The van der Waals surface area contributed by atoms with Gasteiger partial charge in [-0.3, -0.25) is 9.69 Å². The van der Waals surface area contributed by atoms with Crippen molar-refractivity contribution in [2.45, 2.75) is 12.2 Å². The second kappa shape index (κ2) is 10.9. The molecule has 0 saturated carbocycles. The molecule has 1 amide bonds. The van der Waals surface area contributed by atoms with Crippen LogP contribution in [0.1, 0.15) is 27.8 Å². The lowest BCUT2D eigenvalue weighted by Crippen LogP contribution is -2.44. The molecule has 1 unspecified atom stereocenters. The average molecular weight is 490 g/mol. The van der Waals surface area contributed by atoms with Gasteiger partial charge in [0.2, 0.25) is 5.82 Å². The number of benzene rings is 1. The van der Waals surface area contributed by atoms with E-state index in [0.717, 1.165) is 12.4 Å². The van der Waals surface area contributed by atoms with Crippen molar-refractivity contribution in [2.24, 2.45) is 0 Å². The number of fused-ring (bicyclic) bond motifs is 1. The molecule has 1 aromatic carbocycles. The first-order valence-corrected chi connectivity index (χ1v) is 11.1. The molecule has 3 aromatic rings. The fraction of sp³-hybridized carbons (Fsp3) is 0.391. The summed E-state index contributed by atoms with van der Waals surface area (Å²) in [5.41, 5.74) is 1.51. The lowest BCUT2D eigenvalue weighted by molar-refractivity contribution is -0.145. The first kappa shape index (κ1) is 24.8. The third-order valence-corrected chi connectivity index (χ3v) is 5.65. The van der Waals surface area contributed by atoms with E-state index >= 15 is 0 Å². The van der Waals surface area contributed by atoms with Crippen molar-refractivity contribution in [3.63, 3.8) is 0 Å². The Balaban J connectivity index is 1.53. The summed E-state index contributed by atoms with van der Waals surface area (Å²) in [5, 5.41) is 15.5. The van der Waals surface area contributed by atoms with Gasteiger partial charge in [-0.1, -0.05) is 6.07 Å². The Labute approximate surface area is 199 Å². The number of aliphatic hydroxyl groups excluding tert-OH is 1. The number of nitrogens with zero attached hydrogens (tertiary/aromatic N) is 4. The standard InChI is InChI=1S/C23H25F3N6O3/c24-23(25,26)22-29-12-15(13-30-22)19(32-7-10-35-11-8-32)14-28-21(34)17-2-1-3-18-16(17)4-5-20(31-18)27-6-9-33/h1-5,12-13,19,33H,6-11,14H2,(H,27,31)(H,28,34). The minimum Gasteiger partial charge on any atom is -0.395 e. The van der Waals surface area contributed by atoms with Crippen LogP contribution in [0, 0.1) is 0 Å². The number of rotatable bonds is 8. The minimum atomic E-state index is -4.63. The van der Waals surface area contributed by atoms with Gasteiger partial charge in [-0.2, -0.15) is 13.2 Å². The van der Waals surface area contributed by atoms with Gasteiger partial charge in [0, 0.05) is 55.1 Å². The topological polar surface area (TPSA) is 113 Å². The van der Waals surface area contributed by atoms with Crippen LogP contribution in [0.3, 0.4) is 0 Å². The summed E-state index contributed by atoms with van der Waals surface area (Å²) in [7, 11) is 0. The van der Waals surface area contributed by atoms with Gasteiger partial charge in [0.25, 0.3) is 5.91 Å². The molecule has 3 heterocycles. The smallest absolute Gasteiger partial charge is 0.395 e. The first-order chi connectivity index (χ1) is 16.9. The van der Waals surface area contributed by atoms with E-state index in [2.05, 4.69) is 25.6 Å². The number of aromatic nitrogens is 3. The second-order valence-electron chi connectivity index (χ2n) is 7.93. The number of nitrogens with one attached hydrogen (secondary N) is 2. The number of alkyl halides is 3. The van der Waals surface area contributed by atoms with E-state index in [1.165, 1.54) is 0 Å². The normalized spacial score (nSPS) is 15.7. The maximum Gasteiger partial charge on any atom is 0.451 e. The highest BCUT2D eigenvalue weighted by Crippen LogP contribution is 2.27. The van der Waals surface area contributed by atoms with Crippen LogP contribution < -0.4 is 10.6 Å². The quantitative estimate of drug-likeness (QED) is 0.441. The van der Waals surface area contributed by atoms with E-state index in [-0.39, 0.29) is 19.1 Å². The summed E-state index contributed by atoms with van der Waals surface area (Å²) >= 11 is 0. The number of ether oxygens (including phenoxy) is 1. The highest BCUT2D eigenvalue weighted by molar-refractivity contribution is 6.06. The van der Waals surface area contributed by atoms with Crippen molar-refractivity contribution in [1.82, 2.24) is 25.2 Å². The molecular weight excluding hydrogens is 465 g/mol. The predicted molar refractivity (Wildman–Crippen MR) is 122 cm³/mol. The van der Waals surface area contributed by atoms with Crippen LogP contribution in [0.15, 0.2) is 42.7 Å². The largest absolute Gasteiger partial charge is 0.451 e. The molecule has 0 spiro atoms. The molecule has 1 fully saturated rings. The van der Waals surface area contributed by atoms with Crippen LogP contribution in [-0.4, -0.2) is 76.9 Å². The van der Waals surface area contributed by atoms with Gasteiger partial charge in [-0.05, 0) is 24.3 Å². The van der Waals surface area contributed by atoms with Crippen molar-refractivity contribution in [1.29, 1.82) is 0 Å². The molecule has 1 aliphatic rings. The van der Waals surface area contributed by atoms with E-state index in [0.29, 0.717) is 60.7 Å². The van der Waals surface area contributed by atoms with Crippen molar-refractivity contribution in [2.75, 3.05) is 51.3 Å². The van der Waals surface area contributed by atoms with Crippen molar-refractivity contribution < 1.29 is 27.8 Å². The maximum atomic E-state index is 13.1. The van der Waals surface area contributed by atoms with Crippen LogP contribution >= 0.6 is 0 Å². The fourth-order valence-electron chi connectivity index (χ4n) is 3.92. The molecule has 35 heavy (non-hydrogen) atoms. The zero-order valence-corrected chi connectivity index (χ0v) is 18.8. The summed E-state index contributed by atoms with van der Waals surface area (Å²) in [5.74, 6) is -0.958. The van der Waals surface area contributed by atoms with Gasteiger partial charge in [0.1, 0.15) is 5.82 Å². The highest BCUT2D eigenvalue weighted by atomic mass is 19.4. The van der Waals surface area contributed by atoms with Gasteiger partial charge in [0.05, 0.1) is 31.4 Å². The number of amides is 1. The van der Waals surface area contributed by atoms with E-state index in [9.17, 15) is 18.0 Å². The summed E-state index contributed by atoms with van der Waals surface area (Å²) in [6, 6.07) is 8.28. The van der Waals surface area contributed by atoms with E-state index in [1.54, 1.807) is 30.3 Å². The monoisotopic (exact) mass is 490 g/mol. The molecule has 12 heteroatoms. The van der Waals surface area contributed by atoms with Crippen LogP contribution in [0.2, 0.25) is 0 Å². The van der Waals surface area contributed by atoms with Crippen molar-refractivity contribution >= 4 is 22.6 Å².